The molecule has 6 heterocycles. The first-order valence-electron chi connectivity index (χ1n) is 18.4. The highest BCUT2D eigenvalue weighted by Crippen LogP contribution is 2.53. The second-order valence-electron chi connectivity index (χ2n) is 14.9. The van der Waals surface area contributed by atoms with Gasteiger partial charge in [0.05, 0.1) is 22.8 Å². The summed E-state index contributed by atoms with van der Waals surface area (Å²) in [7, 11) is -3.28. The maximum absolute atomic E-state index is 3.28. The largest absolute Gasteiger partial charge is 0.522 e. The van der Waals surface area contributed by atoms with E-state index in [1.807, 2.05) is 0 Å². The van der Waals surface area contributed by atoms with Crippen LogP contribution in [0.1, 0.15) is 0 Å². The summed E-state index contributed by atoms with van der Waals surface area (Å²) in [6.07, 6.45) is 0. The maximum Gasteiger partial charge on any atom is 0.522 e. The third kappa shape index (κ3) is 2.94. The van der Waals surface area contributed by atoms with Crippen LogP contribution < -0.4 is 0 Å². The van der Waals surface area contributed by atoms with Gasteiger partial charge in [0, 0.05) is 43.6 Å². The topological polar surface area (TPSA) is 19.7 Å². The number of hydrogen-bond acceptors (Lipinski definition) is 0. The molecule has 0 unspecified atom stereocenters. The SMILES string of the molecule is c1ccc2c(c1)ccc1c2cc2n1[Si]1(n3c-2cc2c4ccccc4ccc23)n2c(cc3c4ccccc4ccc32)-c2cc3c4ccccc4ccc3n21. The van der Waals surface area contributed by atoms with E-state index in [0.717, 1.165) is 0 Å². The van der Waals surface area contributed by atoms with Crippen LogP contribution in [0.3, 0.4) is 0 Å². The Bertz CT molecular complexity index is 3160. The molecular formula is C48H28N4Si. The van der Waals surface area contributed by atoms with E-state index in [1.165, 1.54) is 109 Å². The summed E-state index contributed by atoms with van der Waals surface area (Å²) in [6.45, 7) is 0. The van der Waals surface area contributed by atoms with Crippen molar-refractivity contribution in [2.45, 2.75) is 0 Å². The van der Waals surface area contributed by atoms with Gasteiger partial charge >= 0.3 is 8.72 Å². The van der Waals surface area contributed by atoms with Gasteiger partial charge in [0.2, 0.25) is 0 Å². The molecule has 14 rings (SSSR count). The Kier molecular flexibility index (Phi) is 4.55. The van der Waals surface area contributed by atoms with Gasteiger partial charge in [-0.15, -0.1) is 0 Å². The smallest absolute Gasteiger partial charge is 0.313 e. The average Bonchev–Trinajstić information content (AvgIpc) is 4.04. The van der Waals surface area contributed by atoms with E-state index in [-0.39, 0.29) is 0 Å². The number of nitrogens with zero attached hydrogens (tertiary/aromatic N) is 4. The maximum atomic E-state index is 2.79. The molecule has 0 atom stereocenters. The fraction of sp³-hybridized carbons (Fsp3) is 0. The van der Waals surface area contributed by atoms with Crippen molar-refractivity contribution in [3.63, 3.8) is 0 Å². The highest BCUT2D eigenvalue weighted by molar-refractivity contribution is 6.81. The Morgan fingerprint density at radius 2 is 0.491 bits per heavy atom. The van der Waals surface area contributed by atoms with Crippen LogP contribution in [0.15, 0.2) is 170 Å². The second-order valence-corrected chi connectivity index (χ2v) is 17.9. The van der Waals surface area contributed by atoms with Gasteiger partial charge < -0.3 is 16.9 Å². The van der Waals surface area contributed by atoms with E-state index >= 15 is 0 Å². The van der Waals surface area contributed by atoms with Crippen molar-refractivity contribution in [1.29, 1.82) is 0 Å². The lowest BCUT2D eigenvalue weighted by molar-refractivity contribution is 0.961. The van der Waals surface area contributed by atoms with Crippen LogP contribution in [0.5, 0.6) is 0 Å². The molecule has 2 aliphatic heterocycles. The second kappa shape index (κ2) is 8.96. The molecule has 0 amide bonds. The quantitative estimate of drug-likeness (QED) is 0.141. The summed E-state index contributed by atoms with van der Waals surface area (Å²) in [5, 5.41) is 15.5. The van der Waals surface area contributed by atoms with Crippen molar-refractivity contribution in [1.82, 2.24) is 16.9 Å². The van der Waals surface area contributed by atoms with Crippen molar-refractivity contribution in [3.8, 4) is 22.8 Å². The van der Waals surface area contributed by atoms with E-state index in [1.54, 1.807) is 0 Å². The van der Waals surface area contributed by atoms with Crippen LogP contribution in [0.4, 0.5) is 0 Å². The normalized spacial score (nSPS) is 14.2. The van der Waals surface area contributed by atoms with Gasteiger partial charge in [0.1, 0.15) is 0 Å². The minimum absolute atomic E-state index is 1.27. The Hall–Kier alpha value is -6.82. The zero-order chi connectivity index (χ0) is 34.2. The minimum atomic E-state index is -3.28. The standard InChI is InChI=1S/C48H28N4Si/c1-5-13-33-29(9-1)17-21-41-37(33)25-45-46-26-38-34-14-6-2-10-30(34)18-22-42(38)50(46)53(49(41)45)51-43-23-19-31-11-3-7-15-35(31)39(43)27-47(51)48-28-40-36-16-8-4-12-32(36)20-24-44(40)52(48)53/h1-28H. The average molecular weight is 689 g/mol. The molecule has 0 saturated heterocycles. The van der Waals surface area contributed by atoms with E-state index in [4.69, 9.17) is 0 Å². The lowest BCUT2D eigenvalue weighted by Crippen LogP contribution is -2.59. The molecule has 12 aromatic rings. The Balaban J connectivity index is 1.28. The molecule has 0 bridgehead atoms. The van der Waals surface area contributed by atoms with Gasteiger partial charge in [0.25, 0.3) is 0 Å². The zero-order valence-electron chi connectivity index (χ0n) is 28.5. The van der Waals surface area contributed by atoms with Crippen LogP contribution in [-0.4, -0.2) is 25.7 Å². The number of fused-ring (bicyclic) bond motifs is 26. The fourth-order valence-electron chi connectivity index (χ4n) is 10.5. The molecule has 2 aliphatic rings. The van der Waals surface area contributed by atoms with Gasteiger partial charge in [0.15, 0.2) is 0 Å². The summed E-state index contributed by atoms with van der Waals surface area (Å²) in [6, 6.07) is 64.3. The summed E-state index contributed by atoms with van der Waals surface area (Å²) in [5.41, 5.74) is 10.3. The molecule has 4 aromatic heterocycles. The Labute approximate surface area is 303 Å². The predicted molar refractivity (Wildman–Crippen MR) is 223 cm³/mol. The van der Waals surface area contributed by atoms with Gasteiger partial charge in [-0.25, -0.2) is 0 Å². The summed E-state index contributed by atoms with van der Waals surface area (Å²) in [5.74, 6) is 0. The summed E-state index contributed by atoms with van der Waals surface area (Å²) >= 11 is 0. The van der Waals surface area contributed by atoms with Crippen molar-refractivity contribution in [3.05, 3.63) is 170 Å². The van der Waals surface area contributed by atoms with Crippen LogP contribution in [0.2, 0.25) is 0 Å². The summed E-state index contributed by atoms with van der Waals surface area (Å²) < 4.78 is 11.2. The predicted octanol–water partition coefficient (Wildman–Crippen LogP) is 12.0. The first-order chi connectivity index (χ1) is 26.3. The highest BCUT2D eigenvalue weighted by atomic mass is 28.4. The number of hydrogen-bond donors (Lipinski definition) is 0. The van der Waals surface area contributed by atoms with E-state index in [9.17, 15) is 0 Å². The van der Waals surface area contributed by atoms with E-state index < -0.39 is 8.72 Å². The molecule has 0 fully saturated rings. The van der Waals surface area contributed by atoms with Crippen LogP contribution >= 0.6 is 0 Å². The Morgan fingerprint density at radius 3 is 0.755 bits per heavy atom. The van der Waals surface area contributed by atoms with E-state index in [2.05, 4.69) is 187 Å². The third-order valence-electron chi connectivity index (χ3n) is 12.6. The minimum Gasteiger partial charge on any atom is -0.313 e. The third-order valence-corrected chi connectivity index (χ3v) is 16.9. The van der Waals surface area contributed by atoms with Crippen LogP contribution in [-0.2, 0) is 0 Å². The molecule has 4 nitrogen and oxygen atoms in total. The summed E-state index contributed by atoms with van der Waals surface area (Å²) in [4.78, 5) is 0. The fourth-order valence-corrected chi connectivity index (χ4v) is 15.8. The van der Waals surface area contributed by atoms with Crippen molar-refractivity contribution >= 4 is 95.4 Å². The number of rotatable bonds is 0. The van der Waals surface area contributed by atoms with Gasteiger partial charge in [-0.2, -0.15) is 0 Å². The number of aromatic nitrogens is 4. The molecule has 0 saturated carbocycles. The lowest BCUT2D eigenvalue weighted by Gasteiger charge is -2.32. The van der Waals surface area contributed by atoms with Gasteiger partial charge in [-0.05, 0) is 91.6 Å². The first-order valence-corrected chi connectivity index (χ1v) is 20.2. The molecule has 8 aromatic carbocycles. The molecule has 1 spiro atoms. The van der Waals surface area contributed by atoms with Gasteiger partial charge in [-0.3, -0.25) is 0 Å². The zero-order valence-corrected chi connectivity index (χ0v) is 29.5. The van der Waals surface area contributed by atoms with E-state index in [0.29, 0.717) is 0 Å². The molecule has 244 valence electrons. The number of benzene rings is 8. The molecule has 0 aliphatic carbocycles. The van der Waals surface area contributed by atoms with Crippen LogP contribution in [0, 0.1) is 0 Å². The van der Waals surface area contributed by atoms with Crippen molar-refractivity contribution < 1.29 is 0 Å². The molecular weight excluding hydrogens is 661 g/mol. The highest BCUT2D eigenvalue weighted by Gasteiger charge is 2.60. The molecule has 53 heavy (non-hydrogen) atoms. The first kappa shape index (κ1) is 26.9. The lowest BCUT2D eigenvalue weighted by atomic mass is 10.1. The monoisotopic (exact) mass is 688 g/mol. The molecule has 0 N–H and O–H groups in total. The van der Waals surface area contributed by atoms with Crippen molar-refractivity contribution in [2.75, 3.05) is 0 Å². The van der Waals surface area contributed by atoms with Crippen molar-refractivity contribution in [2.24, 2.45) is 0 Å². The Morgan fingerprint density at radius 1 is 0.245 bits per heavy atom. The van der Waals surface area contributed by atoms with Gasteiger partial charge in [-0.1, -0.05) is 121 Å². The molecule has 0 radical (unpaired) electrons. The molecule has 5 heteroatoms. The van der Waals surface area contributed by atoms with Crippen LogP contribution in [0.25, 0.3) is 109 Å².